The van der Waals surface area contributed by atoms with Crippen molar-refractivity contribution in [2.75, 3.05) is 6.26 Å². The Labute approximate surface area is 99.7 Å². The Balaban J connectivity index is 2.13. The van der Waals surface area contributed by atoms with E-state index in [1.165, 1.54) is 18.4 Å². The summed E-state index contributed by atoms with van der Waals surface area (Å²) in [6.45, 7) is 0. The molecule has 1 fully saturated rings. The second-order valence-corrected chi connectivity index (χ2v) is 5.33. The van der Waals surface area contributed by atoms with Crippen molar-refractivity contribution in [2.45, 2.75) is 37.7 Å². The molecular formula is C13H18O2S. The van der Waals surface area contributed by atoms with E-state index in [0.29, 0.717) is 5.92 Å². The van der Waals surface area contributed by atoms with Gasteiger partial charge in [-0.1, -0.05) is 43.2 Å². The van der Waals surface area contributed by atoms with Crippen LogP contribution in [0.25, 0.3) is 0 Å². The highest BCUT2D eigenvalue weighted by Gasteiger charge is 2.28. The maximum atomic E-state index is 11.2. The molecule has 0 spiro atoms. The van der Waals surface area contributed by atoms with Crippen LogP contribution in [0.1, 0.15) is 37.2 Å². The molecule has 2 rings (SSSR count). The molecule has 2 nitrogen and oxygen atoms in total. The Hall–Kier alpha value is -0.670. The maximum Gasteiger partial charge on any atom is 0.152 e. The first-order chi connectivity index (χ1) is 7.77. The summed E-state index contributed by atoms with van der Waals surface area (Å²) in [7, 11) is 0. The zero-order valence-corrected chi connectivity index (χ0v) is 10.4. The SMILES string of the molecule is C[S@](=O)O[C@H]1CCCC[C@@H]1c1ccccc1. The molecule has 1 aromatic rings. The summed E-state index contributed by atoms with van der Waals surface area (Å²) >= 11 is -1.16. The molecule has 3 heteroatoms. The smallest absolute Gasteiger partial charge is 0.152 e. The van der Waals surface area contributed by atoms with Gasteiger partial charge in [-0.05, 0) is 18.4 Å². The van der Waals surface area contributed by atoms with Crippen molar-refractivity contribution in [2.24, 2.45) is 0 Å². The van der Waals surface area contributed by atoms with E-state index in [1.54, 1.807) is 6.26 Å². The van der Waals surface area contributed by atoms with E-state index >= 15 is 0 Å². The molecule has 0 amide bonds. The second-order valence-electron chi connectivity index (χ2n) is 4.34. The first-order valence-electron chi connectivity index (χ1n) is 5.83. The quantitative estimate of drug-likeness (QED) is 0.809. The summed E-state index contributed by atoms with van der Waals surface area (Å²) in [6, 6.07) is 10.4. The zero-order chi connectivity index (χ0) is 11.4. The molecule has 1 saturated carbocycles. The zero-order valence-electron chi connectivity index (χ0n) is 9.59. The standard InChI is InChI=1S/C13H18O2S/c1-16(14)15-13-10-6-5-9-12(13)11-7-3-2-4-8-11/h2-4,7-8,12-13H,5-6,9-10H2,1H3/t12-,13+,16-/m1/s1. The largest absolute Gasteiger partial charge is 0.287 e. The molecule has 1 aliphatic carbocycles. The molecule has 1 aromatic carbocycles. The number of rotatable bonds is 3. The minimum absolute atomic E-state index is 0.127. The normalized spacial score (nSPS) is 27.6. The molecule has 0 radical (unpaired) electrons. The molecule has 3 atom stereocenters. The minimum atomic E-state index is -1.16. The molecule has 0 unspecified atom stereocenters. The summed E-state index contributed by atoms with van der Waals surface area (Å²) < 4.78 is 16.7. The van der Waals surface area contributed by atoms with Crippen LogP contribution in [0.2, 0.25) is 0 Å². The van der Waals surface area contributed by atoms with Crippen molar-refractivity contribution < 1.29 is 8.39 Å². The molecule has 0 heterocycles. The van der Waals surface area contributed by atoms with Crippen molar-refractivity contribution in [3.8, 4) is 0 Å². The third-order valence-corrected chi connectivity index (χ3v) is 3.71. The summed E-state index contributed by atoms with van der Waals surface area (Å²) in [4.78, 5) is 0. The minimum Gasteiger partial charge on any atom is -0.287 e. The van der Waals surface area contributed by atoms with Crippen molar-refractivity contribution in [3.05, 3.63) is 35.9 Å². The predicted molar refractivity (Wildman–Crippen MR) is 66.6 cm³/mol. The van der Waals surface area contributed by atoms with E-state index in [0.717, 1.165) is 12.8 Å². The number of hydrogen-bond acceptors (Lipinski definition) is 2. The molecule has 88 valence electrons. The first kappa shape index (κ1) is 11.8. The fourth-order valence-corrected chi connectivity index (χ4v) is 3.05. The van der Waals surface area contributed by atoms with Crippen molar-refractivity contribution in [1.29, 1.82) is 0 Å². The summed E-state index contributed by atoms with van der Waals surface area (Å²) in [5, 5.41) is 0. The van der Waals surface area contributed by atoms with E-state index in [1.807, 2.05) is 6.07 Å². The molecule has 0 aromatic heterocycles. The Morgan fingerprint density at radius 2 is 1.88 bits per heavy atom. The Morgan fingerprint density at radius 1 is 1.19 bits per heavy atom. The summed E-state index contributed by atoms with van der Waals surface area (Å²) in [5.41, 5.74) is 1.32. The average molecular weight is 238 g/mol. The van der Waals surface area contributed by atoms with Gasteiger partial charge in [0.1, 0.15) is 0 Å². The lowest BCUT2D eigenvalue weighted by Crippen LogP contribution is -2.26. The average Bonchev–Trinajstić information content (AvgIpc) is 2.30. The van der Waals surface area contributed by atoms with Gasteiger partial charge in [0.05, 0.1) is 6.10 Å². The van der Waals surface area contributed by atoms with Gasteiger partial charge in [0.15, 0.2) is 11.1 Å². The second kappa shape index (κ2) is 5.60. The van der Waals surface area contributed by atoms with E-state index in [2.05, 4.69) is 24.3 Å². The number of hydrogen-bond donors (Lipinski definition) is 0. The van der Waals surface area contributed by atoms with Gasteiger partial charge in [-0.15, -0.1) is 0 Å². The molecule has 1 aliphatic rings. The Bertz CT molecular complexity index is 350. The van der Waals surface area contributed by atoms with Crippen LogP contribution in [0.3, 0.4) is 0 Å². The highest BCUT2D eigenvalue weighted by Crippen LogP contribution is 2.35. The first-order valence-corrected chi connectivity index (χ1v) is 7.31. The third-order valence-electron chi connectivity index (χ3n) is 3.19. The van der Waals surface area contributed by atoms with Gasteiger partial charge in [-0.3, -0.25) is 4.18 Å². The Morgan fingerprint density at radius 3 is 2.56 bits per heavy atom. The van der Waals surface area contributed by atoms with Crippen molar-refractivity contribution in [1.82, 2.24) is 0 Å². The Kier molecular flexibility index (Phi) is 4.13. The van der Waals surface area contributed by atoms with E-state index < -0.39 is 11.1 Å². The lowest BCUT2D eigenvalue weighted by molar-refractivity contribution is 0.148. The molecular weight excluding hydrogens is 220 g/mol. The fraction of sp³-hybridized carbons (Fsp3) is 0.538. The van der Waals surface area contributed by atoms with Crippen molar-refractivity contribution >= 4 is 11.1 Å². The van der Waals surface area contributed by atoms with E-state index in [4.69, 9.17) is 4.18 Å². The molecule has 0 bridgehead atoms. The summed E-state index contributed by atoms with van der Waals surface area (Å²) in [5.74, 6) is 0.416. The van der Waals surface area contributed by atoms with E-state index in [-0.39, 0.29) is 6.10 Å². The van der Waals surface area contributed by atoms with Crippen LogP contribution in [-0.2, 0) is 15.3 Å². The molecule has 0 aliphatic heterocycles. The lowest BCUT2D eigenvalue weighted by Gasteiger charge is -2.30. The van der Waals surface area contributed by atoms with Gasteiger partial charge in [0, 0.05) is 12.2 Å². The fourth-order valence-electron chi connectivity index (χ4n) is 2.47. The predicted octanol–water partition coefficient (Wildman–Crippen LogP) is 3.02. The number of benzene rings is 1. The van der Waals surface area contributed by atoms with Crippen molar-refractivity contribution in [3.63, 3.8) is 0 Å². The van der Waals surface area contributed by atoms with Crippen LogP contribution in [-0.4, -0.2) is 16.6 Å². The van der Waals surface area contributed by atoms with Crippen LogP contribution in [0.5, 0.6) is 0 Å². The molecule has 0 saturated heterocycles. The lowest BCUT2D eigenvalue weighted by atomic mass is 9.82. The van der Waals surface area contributed by atoms with Gasteiger partial charge < -0.3 is 0 Å². The topological polar surface area (TPSA) is 26.3 Å². The maximum absolute atomic E-state index is 11.2. The third kappa shape index (κ3) is 2.92. The molecule has 16 heavy (non-hydrogen) atoms. The van der Waals surface area contributed by atoms with E-state index in [9.17, 15) is 4.21 Å². The van der Waals surface area contributed by atoms with Gasteiger partial charge in [-0.2, -0.15) is 0 Å². The van der Waals surface area contributed by atoms with Gasteiger partial charge in [0.2, 0.25) is 0 Å². The van der Waals surface area contributed by atoms with Crippen LogP contribution < -0.4 is 0 Å². The monoisotopic (exact) mass is 238 g/mol. The van der Waals surface area contributed by atoms with Gasteiger partial charge in [0.25, 0.3) is 0 Å². The van der Waals surface area contributed by atoms with Crippen LogP contribution in [0, 0.1) is 0 Å². The highest BCUT2D eigenvalue weighted by atomic mass is 32.2. The summed E-state index contributed by atoms with van der Waals surface area (Å²) in [6.07, 6.45) is 6.34. The van der Waals surface area contributed by atoms with Crippen LogP contribution in [0.15, 0.2) is 30.3 Å². The molecule has 0 N–H and O–H groups in total. The van der Waals surface area contributed by atoms with Crippen LogP contribution in [0.4, 0.5) is 0 Å². The van der Waals surface area contributed by atoms with Gasteiger partial charge in [-0.25, -0.2) is 4.21 Å². The van der Waals surface area contributed by atoms with Gasteiger partial charge >= 0.3 is 0 Å². The van der Waals surface area contributed by atoms with Crippen LogP contribution >= 0.6 is 0 Å². The highest BCUT2D eigenvalue weighted by molar-refractivity contribution is 7.79.